The summed E-state index contributed by atoms with van der Waals surface area (Å²) in [5.74, 6) is 0. The van der Waals surface area contributed by atoms with Gasteiger partial charge in [0.15, 0.2) is 0 Å². The van der Waals surface area contributed by atoms with Gasteiger partial charge in [-0.05, 0) is 62.3 Å². The molecule has 1 fully saturated rings. The number of nitrogens with one attached hydrogen (secondary N) is 1. The lowest BCUT2D eigenvalue weighted by Gasteiger charge is -2.22. The lowest BCUT2D eigenvalue weighted by molar-refractivity contribution is 0.0808. The van der Waals surface area contributed by atoms with Crippen molar-refractivity contribution in [2.24, 2.45) is 0 Å². The number of aryl methyl sites for hydroxylation is 2. The van der Waals surface area contributed by atoms with Crippen LogP contribution in [-0.4, -0.2) is 25.8 Å². The molecule has 1 saturated heterocycles. The molecule has 0 saturated carbocycles. The van der Waals surface area contributed by atoms with Gasteiger partial charge in [-0.1, -0.05) is 18.2 Å². The molecule has 1 aromatic rings. The van der Waals surface area contributed by atoms with Gasteiger partial charge >= 0.3 is 0 Å². The van der Waals surface area contributed by atoms with Crippen LogP contribution in [0.15, 0.2) is 18.2 Å². The summed E-state index contributed by atoms with van der Waals surface area (Å²) in [5, 5.41) is 3.44. The Hall–Kier alpha value is -0.860. The smallest absolute Gasteiger partial charge is 0.0732 e. The van der Waals surface area contributed by atoms with E-state index < -0.39 is 0 Å². The number of rotatable bonds is 4. The molecule has 0 radical (unpaired) electrons. The Balaban J connectivity index is 1.70. The SMILES string of the molecule is CNC(Cc1ccc2c(c1)CCC2)C1CCCO1. The van der Waals surface area contributed by atoms with Crippen LogP contribution in [0.5, 0.6) is 0 Å². The van der Waals surface area contributed by atoms with Crippen LogP contribution in [0.3, 0.4) is 0 Å². The van der Waals surface area contributed by atoms with Crippen LogP contribution in [0.2, 0.25) is 0 Å². The molecule has 0 bridgehead atoms. The molecule has 0 aromatic heterocycles. The molecule has 18 heavy (non-hydrogen) atoms. The molecule has 0 spiro atoms. The topological polar surface area (TPSA) is 21.3 Å². The van der Waals surface area contributed by atoms with Crippen molar-refractivity contribution >= 4 is 0 Å². The first kappa shape index (κ1) is 12.2. The van der Waals surface area contributed by atoms with Gasteiger partial charge in [-0.25, -0.2) is 0 Å². The maximum Gasteiger partial charge on any atom is 0.0732 e. The van der Waals surface area contributed by atoms with E-state index in [1.165, 1.54) is 37.7 Å². The molecule has 3 rings (SSSR count). The Kier molecular flexibility index (Phi) is 3.67. The second kappa shape index (κ2) is 5.41. The fraction of sp³-hybridized carbons (Fsp3) is 0.625. The molecular weight excluding hydrogens is 222 g/mol. The molecule has 1 aromatic carbocycles. The fourth-order valence-corrected chi connectivity index (χ4v) is 3.35. The number of hydrogen-bond donors (Lipinski definition) is 1. The van der Waals surface area contributed by atoms with E-state index in [1.807, 2.05) is 0 Å². The van der Waals surface area contributed by atoms with Gasteiger partial charge in [0.25, 0.3) is 0 Å². The first-order chi connectivity index (χ1) is 8.86. The third-order valence-electron chi connectivity index (χ3n) is 4.40. The monoisotopic (exact) mass is 245 g/mol. The average molecular weight is 245 g/mol. The van der Waals surface area contributed by atoms with Crippen LogP contribution in [-0.2, 0) is 24.0 Å². The molecule has 0 amide bonds. The van der Waals surface area contributed by atoms with Crippen molar-refractivity contribution in [3.63, 3.8) is 0 Å². The number of benzene rings is 1. The summed E-state index contributed by atoms with van der Waals surface area (Å²) < 4.78 is 5.81. The summed E-state index contributed by atoms with van der Waals surface area (Å²) in [7, 11) is 2.06. The Morgan fingerprint density at radius 3 is 2.94 bits per heavy atom. The highest BCUT2D eigenvalue weighted by molar-refractivity contribution is 5.35. The van der Waals surface area contributed by atoms with Crippen LogP contribution >= 0.6 is 0 Å². The zero-order valence-corrected chi connectivity index (χ0v) is 11.2. The number of likely N-dealkylation sites (N-methyl/N-ethyl adjacent to an activating group) is 1. The summed E-state index contributed by atoms with van der Waals surface area (Å²) in [5.41, 5.74) is 4.61. The number of fused-ring (bicyclic) bond motifs is 1. The molecule has 98 valence electrons. The van der Waals surface area contributed by atoms with Crippen molar-refractivity contribution in [3.8, 4) is 0 Å². The molecule has 2 aliphatic rings. The lowest BCUT2D eigenvalue weighted by atomic mass is 9.97. The van der Waals surface area contributed by atoms with Gasteiger partial charge in [-0.15, -0.1) is 0 Å². The zero-order chi connectivity index (χ0) is 12.4. The second-order valence-electron chi connectivity index (χ2n) is 5.61. The van der Waals surface area contributed by atoms with Crippen LogP contribution < -0.4 is 5.32 Å². The van der Waals surface area contributed by atoms with Crippen LogP contribution in [0.4, 0.5) is 0 Å². The largest absolute Gasteiger partial charge is 0.377 e. The van der Waals surface area contributed by atoms with Crippen molar-refractivity contribution < 1.29 is 4.74 Å². The van der Waals surface area contributed by atoms with Gasteiger partial charge in [0, 0.05) is 12.6 Å². The Morgan fingerprint density at radius 2 is 2.17 bits per heavy atom. The Bertz CT molecular complexity index is 410. The van der Waals surface area contributed by atoms with Crippen molar-refractivity contribution in [3.05, 3.63) is 34.9 Å². The van der Waals surface area contributed by atoms with E-state index in [9.17, 15) is 0 Å². The average Bonchev–Trinajstić information content (AvgIpc) is 3.06. The zero-order valence-electron chi connectivity index (χ0n) is 11.2. The predicted molar refractivity (Wildman–Crippen MR) is 74.0 cm³/mol. The van der Waals surface area contributed by atoms with Crippen molar-refractivity contribution in [1.29, 1.82) is 0 Å². The molecule has 2 atom stereocenters. The van der Waals surface area contributed by atoms with Crippen LogP contribution in [0.1, 0.15) is 36.0 Å². The van der Waals surface area contributed by atoms with Crippen molar-refractivity contribution in [2.45, 2.75) is 50.7 Å². The van der Waals surface area contributed by atoms with Crippen molar-refractivity contribution in [2.75, 3.05) is 13.7 Å². The quantitative estimate of drug-likeness (QED) is 0.880. The van der Waals surface area contributed by atoms with Crippen LogP contribution in [0.25, 0.3) is 0 Å². The Labute approximate surface area is 110 Å². The van der Waals surface area contributed by atoms with Gasteiger partial charge < -0.3 is 10.1 Å². The predicted octanol–water partition coefficient (Wildman–Crippen LogP) is 2.48. The summed E-state index contributed by atoms with van der Waals surface area (Å²) in [6.45, 7) is 0.938. The standard InChI is InChI=1S/C16H23NO/c1-17-15(16-6-3-9-18-16)11-12-7-8-13-4-2-5-14(13)10-12/h7-8,10,15-17H,2-6,9,11H2,1H3. The molecule has 1 heterocycles. The first-order valence-electron chi connectivity index (χ1n) is 7.26. The summed E-state index contributed by atoms with van der Waals surface area (Å²) in [4.78, 5) is 0. The van der Waals surface area contributed by atoms with E-state index in [0.29, 0.717) is 12.1 Å². The molecule has 1 aliphatic heterocycles. The molecule has 1 N–H and O–H groups in total. The van der Waals surface area contributed by atoms with E-state index >= 15 is 0 Å². The van der Waals surface area contributed by atoms with Crippen LogP contribution in [0, 0.1) is 0 Å². The number of ether oxygens (including phenoxy) is 1. The normalized spacial score (nSPS) is 24.2. The summed E-state index contributed by atoms with van der Waals surface area (Å²) in [6, 6.07) is 7.53. The second-order valence-corrected chi connectivity index (χ2v) is 5.61. The van der Waals surface area contributed by atoms with E-state index in [2.05, 4.69) is 30.6 Å². The van der Waals surface area contributed by atoms with Gasteiger partial charge in [0.1, 0.15) is 0 Å². The van der Waals surface area contributed by atoms with E-state index in [4.69, 9.17) is 4.74 Å². The minimum Gasteiger partial charge on any atom is -0.377 e. The van der Waals surface area contributed by atoms with E-state index in [-0.39, 0.29) is 0 Å². The lowest BCUT2D eigenvalue weighted by Crippen LogP contribution is -2.39. The number of hydrogen-bond acceptors (Lipinski definition) is 2. The summed E-state index contributed by atoms with van der Waals surface area (Å²) in [6.07, 6.45) is 7.80. The highest BCUT2D eigenvalue weighted by atomic mass is 16.5. The molecular formula is C16H23NO. The third-order valence-corrected chi connectivity index (χ3v) is 4.40. The maximum atomic E-state index is 5.81. The first-order valence-corrected chi connectivity index (χ1v) is 7.26. The summed E-state index contributed by atoms with van der Waals surface area (Å²) >= 11 is 0. The highest BCUT2D eigenvalue weighted by Crippen LogP contribution is 2.24. The maximum absolute atomic E-state index is 5.81. The molecule has 2 heteroatoms. The minimum absolute atomic E-state index is 0.406. The van der Waals surface area contributed by atoms with E-state index in [0.717, 1.165) is 13.0 Å². The fourth-order valence-electron chi connectivity index (χ4n) is 3.35. The highest BCUT2D eigenvalue weighted by Gasteiger charge is 2.25. The van der Waals surface area contributed by atoms with Gasteiger partial charge in [0.2, 0.25) is 0 Å². The molecule has 2 unspecified atom stereocenters. The Morgan fingerprint density at radius 1 is 1.28 bits per heavy atom. The minimum atomic E-state index is 0.406. The molecule has 2 nitrogen and oxygen atoms in total. The van der Waals surface area contributed by atoms with Crippen molar-refractivity contribution in [1.82, 2.24) is 5.32 Å². The van der Waals surface area contributed by atoms with Gasteiger partial charge in [-0.3, -0.25) is 0 Å². The van der Waals surface area contributed by atoms with E-state index in [1.54, 1.807) is 11.1 Å². The third kappa shape index (κ3) is 2.45. The van der Waals surface area contributed by atoms with Gasteiger partial charge in [-0.2, -0.15) is 0 Å². The molecule has 1 aliphatic carbocycles. The van der Waals surface area contributed by atoms with Gasteiger partial charge in [0.05, 0.1) is 6.10 Å².